The highest BCUT2D eigenvalue weighted by molar-refractivity contribution is 6.90. The Kier molecular flexibility index (Phi) is 7.51. The van der Waals surface area contributed by atoms with Gasteiger partial charge in [-0.3, -0.25) is 0 Å². The van der Waals surface area contributed by atoms with Crippen LogP contribution in [0.3, 0.4) is 0 Å². The van der Waals surface area contributed by atoms with E-state index in [0.717, 1.165) is 38.6 Å². The van der Waals surface area contributed by atoms with Crippen molar-refractivity contribution in [3.63, 3.8) is 0 Å². The maximum Gasteiger partial charge on any atom is 0.164 e. The van der Waals surface area contributed by atoms with Crippen molar-refractivity contribution in [1.29, 1.82) is 0 Å². The van der Waals surface area contributed by atoms with E-state index in [2.05, 4.69) is 147 Å². The predicted molar refractivity (Wildman–Crippen MR) is 205 cm³/mol. The average Bonchev–Trinajstić information content (AvgIpc) is 3.14. The summed E-state index contributed by atoms with van der Waals surface area (Å²) in [5, 5.41) is 6.48. The highest BCUT2D eigenvalue weighted by Crippen LogP contribution is 2.33. The number of hydrogen-bond donors (Lipinski definition) is 0. The molecule has 0 saturated heterocycles. The van der Waals surface area contributed by atoms with Crippen LogP contribution in [0.1, 0.15) is 0 Å². The Morgan fingerprint density at radius 3 is 1.69 bits per heavy atom. The first-order valence-electron chi connectivity index (χ1n) is 16.5. The number of benzene rings is 7. The molecule has 1 aromatic heterocycles. The van der Waals surface area contributed by atoms with E-state index < -0.39 is 8.07 Å². The molecule has 8 aromatic rings. The molecule has 1 heterocycles. The van der Waals surface area contributed by atoms with Crippen LogP contribution in [-0.2, 0) is 0 Å². The summed E-state index contributed by atoms with van der Waals surface area (Å²) in [5.74, 6) is 1.97. The Bertz CT molecular complexity index is 2420. The molecule has 0 aliphatic carbocycles. The van der Waals surface area contributed by atoms with Gasteiger partial charge >= 0.3 is 0 Å². The minimum absolute atomic E-state index is 0.652. The van der Waals surface area contributed by atoms with Crippen LogP contribution in [0.25, 0.3) is 78.0 Å². The van der Waals surface area contributed by atoms with E-state index in [4.69, 9.17) is 15.0 Å². The molecule has 0 unspecified atom stereocenters. The normalized spacial score (nSPS) is 11.6. The van der Waals surface area contributed by atoms with Crippen molar-refractivity contribution in [3.8, 4) is 56.4 Å². The molecule has 0 amide bonds. The number of fused-ring (bicyclic) bond motifs is 2. The number of aromatic nitrogens is 3. The fraction of sp³-hybridized carbons (Fsp3) is 0.0682. The lowest BCUT2D eigenvalue weighted by Gasteiger charge is -2.21. The Morgan fingerprint density at radius 2 is 0.917 bits per heavy atom. The molecule has 230 valence electrons. The molecule has 3 nitrogen and oxygen atoms in total. The molecule has 0 saturated carbocycles. The van der Waals surface area contributed by atoms with Crippen molar-refractivity contribution in [1.82, 2.24) is 15.0 Å². The first kappa shape index (κ1) is 29.7. The highest BCUT2D eigenvalue weighted by atomic mass is 28.3. The van der Waals surface area contributed by atoms with Gasteiger partial charge in [0.1, 0.15) is 0 Å². The number of rotatable bonds is 6. The van der Waals surface area contributed by atoms with Gasteiger partial charge in [-0.05, 0) is 49.9 Å². The number of hydrogen-bond acceptors (Lipinski definition) is 3. The maximum absolute atomic E-state index is 5.07. The van der Waals surface area contributed by atoms with Crippen molar-refractivity contribution in [3.05, 3.63) is 158 Å². The quantitative estimate of drug-likeness (QED) is 0.171. The molecule has 0 fully saturated rings. The Balaban J connectivity index is 1.19. The van der Waals surface area contributed by atoms with Crippen LogP contribution in [0.2, 0.25) is 19.6 Å². The molecule has 0 atom stereocenters. The Hall–Kier alpha value is -5.71. The van der Waals surface area contributed by atoms with E-state index in [0.29, 0.717) is 17.5 Å². The van der Waals surface area contributed by atoms with Crippen LogP contribution in [0.5, 0.6) is 0 Å². The molecule has 7 aromatic carbocycles. The summed E-state index contributed by atoms with van der Waals surface area (Å²) in [6.07, 6.45) is 0. The first-order valence-corrected chi connectivity index (χ1v) is 20.0. The third-order valence-corrected chi connectivity index (χ3v) is 11.1. The van der Waals surface area contributed by atoms with Crippen molar-refractivity contribution in [2.45, 2.75) is 19.6 Å². The molecule has 8 rings (SSSR count). The lowest BCUT2D eigenvalue weighted by Crippen LogP contribution is -2.38. The molecule has 0 bridgehead atoms. The van der Waals surface area contributed by atoms with Crippen molar-refractivity contribution in [2.75, 3.05) is 0 Å². The lowest BCUT2D eigenvalue weighted by atomic mass is 9.95. The van der Waals surface area contributed by atoms with Crippen LogP contribution < -0.4 is 5.19 Å². The summed E-state index contributed by atoms with van der Waals surface area (Å²) in [5.41, 5.74) is 7.66. The van der Waals surface area contributed by atoms with Gasteiger partial charge < -0.3 is 0 Å². The molecule has 0 aliphatic heterocycles. The van der Waals surface area contributed by atoms with E-state index in [1.807, 2.05) is 30.3 Å². The molecule has 48 heavy (non-hydrogen) atoms. The molecule has 0 spiro atoms. The van der Waals surface area contributed by atoms with Gasteiger partial charge in [0.05, 0.1) is 8.07 Å². The van der Waals surface area contributed by atoms with Gasteiger partial charge in [0.2, 0.25) is 0 Å². The van der Waals surface area contributed by atoms with Gasteiger partial charge in [0, 0.05) is 16.7 Å². The third-order valence-electron chi connectivity index (χ3n) is 9.08. The summed E-state index contributed by atoms with van der Waals surface area (Å²) >= 11 is 0. The maximum atomic E-state index is 5.07. The van der Waals surface area contributed by atoms with Crippen molar-refractivity contribution < 1.29 is 0 Å². The first-order chi connectivity index (χ1) is 23.4. The lowest BCUT2D eigenvalue weighted by molar-refractivity contribution is 1.08. The minimum atomic E-state index is -1.48. The zero-order valence-electron chi connectivity index (χ0n) is 27.4. The molecule has 0 N–H and O–H groups in total. The summed E-state index contributed by atoms with van der Waals surface area (Å²) in [7, 11) is -1.48. The smallest absolute Gasteiger partial charge is 0.164 e. The topological polar surface area (TPSA) is 38.7 Å². The monoisotopic (exact) mass is 633 g/mol. The fourth-order valence-electron chi connectivity index (χ4n) is 6.65. The molecular weight excluding hydrogens is 599 g/mol. The van der Waals surface area contributed by atoms with Gasteiger partial charge in [-0.15, -0.1) is 0 Å². The van der Waals surface area contributed by atoms with Crippen LogP contribution in [-0.4, -0.2) is 23.0 Å². The third kappa shape index (κ3) is 5.61. The van der Waals surface area contributed by atoms with Gasteiger partial charge in [-0.2, -0.15) is 0 Å². The standard InChI is InChI=1S/C44H35N3Si/c1-48(2,3)41-28-27-37(38-20-9-10-21-39(38)41)32-25-23-30(24-26-32)34-17-11-18-35(29-34)43-45-42(33-14-5-4-6-15-33)46-44(47-43)40-22-12-16-31-13-7-8-19-36(31)40/h4-29H,1-3H3. The van der Waals surface area contributed by atoms with Crippen LogP contribution >= 0.6 is 0 Å². The van der Waals surface area contributed by atoms with Gasteiger partial charge in [0.15, 0.2) is 17.5 Å². The largest absolute Gasteiger partial charge is 0.208 e. The van der Waals surface area contributed by atoms with Gasteiger partial charge in [-0.25, -0.2) is 15.0 Å². The number of nitrogens with zero attached hydrogens (tertiary/aromatic N) is 3. The van der Waals surface area contributed by atoms with E-state index >= 15 is 0 Å². The summed E-state index contributed by atoms with van der Waals surface area (Å²) in [6.45, 7) is 7.25. The summed E-state index contributed by atoms with van der Waals surface area (Å²) in [6, 6.07) is 55.8. The Labute approximate surface area is 282 Å². The zero-order chi connectivity index (χ0) is 32.7. The zero-order valence-corrected chi connectivity index (χ0v) is 28.4. The second-order valence-electron chi connectivity index (χ2n) is 13.3. The molecular formula is C44H35N3Si. The Morgan fingerprint density at radius 1 is 0.354 bits per heavy atom. The van der Waals surface area contributed by atoms with Gasteiger partial charge in [0.25, 0.3) is 0 Å². The minimum Gasteiger partial charge on any atom is -0.208 e. The van der Waals surface area contributed by atoms with Crippen molar-refractivity contribution >= 4 is 34.8 Å². The van der Waals surface area contributed by atoms with Gasteiger partial charge in [-0.1, -0.05) is 176 Å². The van der Waals surface area contributed by atoms with Crippen LogP contribution in [0.15, 0.2) is 158 Å². The molecule has 0 aliphatic rings. The van der Waals surface area contributed by atoms with Crippen LogP contribution in [0, 0.1) is 0 Å². The molecule has 4 heteroatoms. The van der Waals surface area contributed by atoms with E-state index in [9.17, 15) is 0 Å². The second-order valence-corrected chi connectivity index (χ2v) is 18.4. The van der Waals surface area contributed by atoms with E-state index in [1.54, 1.807) is 0 Å². The van der Waals surface area contributed by atoms with Crippen molar-refractivity contribution in [2.24, 2.45) is 0 Å². The summed E-state index contributed by atoms with van der Waals surface area (Å²) in [4.78, 5) is 15.1. The molecule has 0 radical (unpaired) electrons. The van der Waals surface area contributed by atoms with E-state index in [1.165, 1.54) is 27.1 Å². The van der Waals surface area contributed by atoms with Crippen LogP contribution in [0.4, 0.5) is 0 Å². The predicted octanol–water partition coefficient (Wildman–Crippen LogP) is 11.1. The fourth-order valence-corrected chi connectivity index (χ4v) is 8.26. The summed E-state index contributed by atoms with van der Waals surface area (Å²) < 4.78 is 0. The SMILES string of the molecule is C[Si](C)(C)c1ccc(-c2ccc(-c3cccc(-c4nc(-c5ccccc5)nc(-c5cccc6ccccc56)n4)c3)cc2)c2ccccc12. The highest BCUT2D eigenvalue weighted by Gasteiger charge is 2.20. The average molecular weight is 634 g/mol. The van der Waals surface area contributed by atoms with E-state index in [-0.39, 0.29) is 0 Å². The second kappa shape index (κ2) is 12.1.